The molecular formula is C16H22N4O3. The summed E-state index contributed by atoms with van der Waals surface area (Å²) in [4.78, 5) is 40.9. The van der Waals surface area contributed by atoms with E-state index in [1.54, 1.807) is 10.9 Å². The Labute approximate surface area is 133 Å². The lowest BCUT2D eigenvalue weighted by molar-refractivity contribution is -0.117. The molecule has 1 saturated carbocycles. The average Bonchev–Trinajstić information content (AvgIpc) is 3.24. The number of rotatable bonds is 7. The number of imidazole rings is 1. The number of hydrogen-bond acceptors (Lipinski definition) is 4. The third-order valence-corrected chi connectivity index (χ3v) is 4.22. The van der Waals surface area contributed by atoms with Gasteiger partial charge in [0.15, 0.2) is 11.2 Å². The predicted molar refractivity (Wildman–Crippen MR) is 86.7 cm³/mol. The first-order chi connectivity index (χ1) is 11.0. The molecule has 1 fully saturated rings. The maximum Gasteiger partial charge on any atom is 0.332 e. The van der Waals surface area contributed by atoms with Crippen LogP contribution < -0.4 is 11.2 Å². The van der Waals surface area contributed by atoms with Gasteiger partial charge in [-0.05, 0) is 32.6 Å². The number of carbonyl (C=O) groups is 1. The highest BCUT2D eigenvalue weighted by atomic mass is 16.2. The molecule has 7 nitrogen and oxygen atoms in total. The molecule has 0 atom stereocenters. The van der Waals surface area contributed by atoms with Crippen molar-refractivity contribution >= 4 is 16.9 Å². The van der Waals surface area contributed by atoms with E-state index in [1.165, 1.54) is 11.5 Å². The molecule has 0 radical (unpaired) electrons. The largest absolute Gasteiger partial charge is 0.332 e. The van der Waals surface area contributed by atoms with Crippen LogP contribution in [0.1, 0.15) is 52.0 Å². The normalized spacial score (nSPS) is 14.5. The lowest BCUT2D eigenvalue weighted by Crippen LogP contribution is -2.40. The van der Waals surface area contributed by atoms with Crippen LogP contribution >= 0.6 is 0 Å². The summed E-state index contributed by atoms with van der Waals surface area (Å²) >= 11 is 0. The standard InChI is InChI=1S/C16H22N4O3/c1-3-8-18-10-17-14-13(18)15(22)19(9-4-5-11(2)21)16(23)20(14)12-6-7-12/h10,12H,3-9H2,1-2H3. The zero-order valence-corrected chi connectivity index (χ0v) is 13.6. The Morgan fingerprint density at radius 1 is 1.30 bits per heavy atom. The van der Waals surface area contributed by atoms with Gasteiger partial charge >= 0.3 is 5.69 Å². The SMILES string of the molecule is CCCn1cnc2c1c(=O)n(CCCC(C)=O)c(=O)n2C1CC1. The molecule has 2 heterocycles. The molecule has 0 amide bonds. The highest BCUT2D eigenvalue weighted by Crippen LogP contribution is 2.34. The average molecular weight is 318 g/mol. The lowest BCUT2D eigenvalue weighted by atomic mass is 10.2. The Bertz CT molecular complexity index is 855. The summed E-state index contributed by atoms with van der Waals surface area (Å²) in [6.45, 7) is 4.53. The fraction of sp³-hybridized carbons (Fsp3) is 0.625. The number of ketones is 1. The summed E-state index contributed by atoms with van der Waals surface area (Å²) in [5.74, 6) is 0.0673. The molecule has 7 heteroatoms. The van der Waals surface area contributed by atoms with Gasteiger partial charge in [0.2, 0.25) is 0 Å². The van der Waals surface area contributed by atoms with E-state index >= 15 is 0 Å². The Morgan fingerprint density at radius 2 is 2.04 bits per heavy atom. The van der Waals surface area contributed by atoms with E-state index < -0.39 is 0 Å². The van der Waals surface area contributed by atoms with Gasteiger partial charge < -0.3 is 9.36 Å². The topological polar surface area (TPSA) is 78.9 Å². The molecule has 3 rings (SSSR count). The van der Waals surface area contributed by atoms with Crippen LogP contribution in [0, 0.1) is 0 Å². The number of carbonyl (C=O) groups excluding carboxylic acids is 1. The second-order valence-electron chi connectivity index (χ2n) is 6.26. The fourth-order valence-electron chi connectivity index (χ4n) is 2.96. The fourth-order valence-corrected chi connectivity index (χ4v) is 2.96. The third kappa shape index (κ3) is 2.87. The summed E-state index contributed by atoms with van der Waals surface area (Å²) in [5, 5.41) is 0. The molecular weight excluding hydrogens is 296 g/mol. The van der Waals surface area contributed by atoms with Crippen LogP contribution in [0.3, 0.4) is 0 Å². The maximum absolute atomic E-state index is 12.8. The quantitative estimate of drug-likeness (QED) is 0.774. The first kappa shape index (κ1) is 15.7. The second-order valence-corrected chi connectivity index (χ2v) is 6.26. The molecule has 0 unspecified atom stereocenters. The van der Waals surface area contributed by atoms with E-state index in [9.17, 15) is 14.4 Å². The Hall–Kier alpha value is -2.18. The minimum atomic E-state index is -0.296. The number of aromatic nitrogens is 4. The monoisotopic (exact) mass is 318 g/mol. The van der Waals surface area contributed by atoms with Crippen molar-refractivity contribution in [2.45, 2.75) is 65.1 Å². The zero-order valence-electron chi connectivity index (χ0n) is 13.6. The van der Waals surface area contributed by atoms with E-state index in [1.807, 2.05) is 11.5 Å². The highest BCUT2D eigenvalue weighted by molar-refractivity contribution is 5.75. The van der Waals surface area contributed by atoms with Crippen LogP contribution in [0.2, 0.25) is 0 Å². The van der Waals surface area contributed by atoms with Crippen molar-refractivity contribution in [1.82, 2.24) is 18.7 Å². The molecule has 2 aromatic rings. The predicted octanol–water partition coefficient (Wildman–Crippen LogP) is 1.47. The number of nitrogens with zero attached hydrogens (tertiary/aromatic N) is 4. The van der Waals surface area contributed by atoms with E-state index in [0.29, 0.717) is 30.6 Å². The van der Waals surface area contributed by atoms with Crippen molar-refractivity contribution in [1.29, 1.82) is 0 Å². The molecule has 23 heavy (non-hydrogen) atoms. The van der Waals surface area contributed by atoms with Gasteiger partial charge in [0.25, 0.3) is 5.56 Å². The summed E-state index contributed by atoms with van der Waals surface area (Å²) in [5.41, 5.74) is 0.409. The first-order valence-electron chi connectivity index (χ1n) is 8.24. The highest BCUT2D eigenvalue weighted by Gasteiger charge is 2.30. The molecule has 124 valence electrons. The molecule has 1 aliphatic carbocycles. The molecule has 0 aromatic carbocycles. The van der Waals surface area contributed by atoms with E-state index in [4.69, 9.17) is 0 Å². The third-order valence-electron chi connectivity index (χ3n) is 4.22. The van der Waals surface area contributed by atoms with E-state index in [2.05, 4.69) is 4.98 Å². The molecule has 1 aliphatic rings. The van der Waals surface area contributed by atoms with Crippen molar-refractivity contribution in [3.8, 4) is 0 Å². The van der Waals surface area contributed by atoms with Crippen LogP contribution in [-0.4, -0.2) is 24.5 Å². The van der Waals surface area contributed by atoms with Gasteiger partial charge in [-0.15, -0.1) is 0 Å². The number of Topliss-reactive ketones (excluding diaryl/α,β-unsaturated/α-hetero) is 1. The van der Waals surface area contributed by atoms with Crippen molar-refractivity contribution < 1.29 is 4.79 Å². The van der Waals surface area contributed by atoms with Gasteiger partial charge in [0.1, 0.15) is 5.78 Å². The van der Waals surface area contributed by atoms with Crippen LogP contribution in [0.15, 0.2) is 15.9 Å². The van der Waals surface area contributed by atoms with Gasteiger partial charge in [-0.2, -0.15) is 0 Å². The molecule has 0 spiro atoms. The second kappa shape index (κ2) is 6.14. The Kier molecular flexibility index (Phi) is 4.19. The smallest absolute Gasteiger partial charge is 0.325 e. The van der Waals surface area contributed by atoms with Crippen LogP contribution in [0.5, 0.6) is 0 Å². The molecule has 0 bridgehead atoms. The van der Waals surface area contributed by atoms with Crippen molar-refractivity contribution in [2.24, 2.45) is 0 Å². The summed E-state index contributed by atoms with van der Waals surface area (Å²) < 4.78 is 4.77. The van der Waals surface area contributed by atoms with Gasteiger partial charge in [-0.1, -0.05) is 6.92 Å². The number of fused-ring (bicyclic) bond motifs is 1. The van der Waals surface area contributed by atoms with Crippen molar-refractivity contribution in [3.63, 3.8) is 0 Å². The maximum atomic E-state index is 12.8. The lowest BCUT2D eigenvalue weighted by Gasteiger charge is -2.11. The Balaban J connectivity index is 2.14. The summed E-state index contributed by atoms with van der Waals surface area (Å²) in [6.07, 6.45) is 5.30. The summed E-state index contributed by atoms with van der Waals surface area (Å²) in [7, 11) is 0. The van der Waals surface area contributed by atoms with Crippen LogP contribution in [0.4, 0.5) is 0 Å². The number of hydrogen-bond donors (Lipinski definition) is 0. The van der Waals surface area contributed by atoms with Crippen molar-refractivity contribution in [3.05, 3.63) is 27.2 Å². The minimum absolute atomic E-state index is 0.0673. The van der Waals surface area contributed by atoms with Crippen LogP contribution in [0.25, 0.3) is 11.2 Å². The molecule has 0 aliphatic heterocycles. The Morgan fingerprint density at radius 3 is 2.65 bits per heavy atom. The molecule has 0 saturated heterocycles. The first-order valence-corrected chi connectivity index (χ1v) is 8.24. The van der Waals surface area contributed by atoms with Gasteiger partial charge in [0.05, 0.1) is 6.33 Å². The van der Waals surface area contributed by atoms with Crippen LogP contribution in [-0.2, 0) is 17.9 Å². The summed E-state index contributed by atoms with van der Waals surface area (Å²) in [6, 6.07) is 0.148. The zero-order chi connectivity index (χ0) is 16.6. The molecule has 0 N–H and O–H groups in total. The van der Waals surface area contributed by atoms with Gasteiger partial charge in [-0.3, -0.25) is 13.9 Å². The van der Waals surface area contributed by atoms with E-state index in [0.717, 1.165) is 19.3 Å². The van der Waals surface area contributed by atoms with Gasteiger partial charge in [-0.25, -0.2) is 9.78 Å². The van der Waals surface area contributed by atoms with E-state index in [-0.39, 0.29) is 29.6 Å². The minimum Gasteiger partial charge on any atom is -0.325 e. The van der Waals surface area contributed by atoms with Crippen molar-refractivity contribution in [2.75, 3.05) is 0 Å². The number of aryl methyl sites for hydroxylation is 1. The van der Waals surface area contributed by atoms with Gasteiger partial charge in [0, 0.05) is 25.6 Å². The molecule has 2 aromatic heterocycles.